The van der Waals surface area contributed by atoms with E-state index >= 15 is 0 Å². The molecule has 1 unspecified atom stereocenters. The Bertz CT molecular complexity index is 1170. The molecule has 9 nitrogen and oxygen atoms in total. The zero-order valence-corrected chi connectivity index (χ0v) is 20.3. The number of rotatable bonds is 5. The van der Waals surface area contributed by atoms with Gasteiger partial charge in [0.25, 0.3) is 10.6 Å². The second kappa shape index (κ2) is 11.9. The van der Waals surface area contributed by atoms with Crippen LogP contribution in [-0.4, -0.2) is 35.2 Å². The Morgan fingerprint density at radius 2 is 1.57 bits per heavy atom. The molecule has 10 heteroatoms. The first kappa shape index (κ1) is 26.3. The standard InChI is InChI=1S/C25H30N2O7S/c28-24(20-13-12-14-21(19-20)27(30)31)34-25(35(32,33)22-15-8-7-9-16-22)18-11-6-4-2-1-3-5-10-17-23(25)26-29/h7-9,12-16,19,29H,1-6,10-11,17-18H2/b26-23+. The molecule has 2 aromatic rings. The van der Waals surface area contributed by atoms with E-state index in [0.717, 1.165) is 44.6 Å². The number of benzene rings is 2. The lowest BCUT2D eigenvalue weighted by Crippen LogP contribution is -2.50. The highest BCUT2D eigenvalue weighted by Gasteiger charge is 2.52. The summed E-state index contributed by atoms with van der Waals surface area (Å²) in [5.41, 5.74) is -0.625. The van der Waals surface area contributed by atoms with E-state index in [-0.39, 0.29) is 34.7 Å². The van der Waals surface area contributed by atoms with E-state index < -0.39 is 25.7 Å². The fourth-order valence-corrected chi connectivity index (χ4v) is 6.32. The number of nitrogens with zero attached hydrogens (tertiary/aromatic N) is 2. The van der Waals surface area contributed by atoms with Crippen molar-refractivity contribution < 1.29 is 28.1 Å². The molecule has 3 rings (SSSR count). The Balaban J connectivity index is 2.13. The van der Waals surface area contributed by atoms with E-state index in [9.17, 15) is 28.5 Å². The van der Waals surface area contributed by atoms with Gasteiger partial charge >= 0.3 is 5.97 Å². The maximum absolute atomic E-state index is 14.1. The SMILES string of the molecule is O=C(OC1(S(=O)(=O)c2ccccc2)CCCCCCCCCC/C1=N\O)c1cccc([N+](=O)[O-])c1. The molecule has 1 fully saturated rings. The summed E-state index contributed by atoms with van der Waals surface area (Å²) in [6.45, 7) is 0. The van der Waals surface area contributed by atoms with Crippen LogP contribution >= 0.6 is 0 Å². The number of non-ortho nitro benzene ring substituents is 1. The largest absolute Gasteiger partial charge is 0.432 e. The van der Waals surface area contributed by atoms with Gasteiger partial charge in [0.05, 0.1) is 15.4 Å². The van der Waals surface area contributed by atoms with Gasteiger partial charge in [-0.05, 0) is 37.5 Å². The molecule has 35 heavy (non-hydrogen) atoms. The number of hydrogen-bond donors (Lipinski definition) is 1. The van der Waals surface area contributed by atoms with Crippen LogP contribution in [-0.2, 0) is 14.6 Å². The topological polar surface area (TPSA) is 136 Å². The Labute approximate surface area is 204 Å². The number of oxime groups is 1. The molecule has 0 saturated heterocycles. The molecule has 2 aromatic carbocycles. The molecule has 1 saturated carbocycles. The second-order valence-electron chi connectivity index (χ2n) is 8.64. The molecular formula is C25H30N2O7S. The zero-order chi connectivity index (χ0) is 25.3. The number of nitro benzene ring substituents is 1. The third-order valence-electron chi connectivity index (χ3n) is 6.27. The maximum atomic E-state index is 14.1. The normalized spacial score (nSPS) is 21.4. The highest BCUT2D eigenvalue weighted by atomic mass is 32.2. The van der Waals surface area contributed by atoms with Crippen molar-refractivity contribution in [1.29, 1.82) is 0 Å². The van der Waals surface area contributed by atoms with Crippen LogP contribution in [0, 0.1) is 10.1 Å². The molecule has 1 N–H and O–H groups in total. The minimum absolute atomic E-state index is 0.0694. The Kier molecular flexibility index (Phi) is 8.97. The molecule has 0 aromatic heterocycles. The van der Waals surface area contributed by atoms with Crippen molar-refractivity contribution in [2.45, 2.75) is 74.0 Å². The lowest BCUT2D eigenvalue weighted by molar-refractivity contribution is -0.384. The van der Waals surface area contributed by atoms with Gasteiger partial charge in [0.15, 0.2) is 0 Å². The summed E-state index contributed by atoms with van der Waals surface area (Å²) in [7, 11) is -4.37. The fourth-order valence-electron chi connectivity index (χ4n) is 4.37. The van der Waals surface area contributed by atoms with Crippen molar-refractivity contribution in [1.82, 2.24) is 0 Å². The van der Waals surface area contributed by atoms with E-state index in [1.807, 2.05) is 0 Å². The van der Waals surface area contributed by atoms with Gasteiger partial charge in [-0.2, -0.15) is 0 Å². The minimum atomic E-state index is -4.37. The average molecular weight is 503 g/mol. The summed E-state index contributed by atoms with van der Waals surface area (Å²) in [6.07, 6.45) is 6.57. The molecule has 188 valence electrons. The van der Waals surface area contributed by atoms with Gasteiger partial charge in [-0.25, -0.2) is 13.2 Å². The predicted molar refractivity (Wildman–Crippen MR) is 130 cm³/mol. The summed E-state index contributed by atoms with van der Waals surface area (Å²) in [5.74, 6) is -1.04. The Morgan fingerprint density at radius 3 is 2.20 bits per heavy atom. The van der Waals surface area contributed by atoms with Crippen LogP contribution in [0.25, 0.3) is 0 Å². The van der Waals surface area contributed by atoms with E-state index in [1.54, 1.807) is 18.2 Å². The van der Waals surface area contributed by atoms with E-state index in [4.69, 9.17) is 4.74 Å². The van der Waals surface area contributed by atoms with Crippen LogP contribution in [0.3, 0.4) is 0 Å². The Morgan fingerprint density at radius 1 is 0.943 bits per heavy atom. The fraction of sp³-hybridized carbons (Fsp3) is 0.440. The molecule has 1 atom stereocenters. The van der Waals surface area contributed by atoms with Crippen LogP contribution in [0.5, 0.6) is 0 Å². The van der Waals surface area contributed by atoms with Crippen molar-refractivity contribution in [3.8, 4) is 0 Å². The van der Waals surface area contributed by atoms with E-state index in [0.29, 0.717) is 12.8 Å². The number of carbonyl (C=O) groups is 1. The molecule has 0 spiro atoms. The highest BCUT2D eigenvalue weighted by Crippen LogP contribution is 2.37. The zero-order valence-electron chi connectivity index (χ0n) is 19.5. The van der Waals surface area contributed by atoms with Gasteiger partial charge in [0.2, 0.25) is 9.84 Å². The third-order valence-corrected chi connectivity index (χ3v) is 8.55. The van der Waals surface area contributed by atoms with Crippen molar-refractivity contribution in [2.75, 3.05) is 0 Å². The first-order valence-electron chi connectivity index (χ1n) is 11.8. The average Bonchev–Trinajstić information content (AvgIpc) is 2.86. The lowest BCUT2D eigenvalue weighted by atomic mass is 9.97. The number of hydrogen-bond acceptors (Lipinski definition) is 8. The van der Waals surface area contributed by atoms with E-state index in [1.165, 1.54) is 30.3 Å². The van der Waals surface area contributed by atoms with Gasteiger partial charge < -0.3 is 9.94 Å². The second-order valence-corrected chi connectivity index (χ2v) is 10.8. The van der Waals surface area contributed by atoms with Crippen LogP contribution in [0.1, 0.15) is 74.6 Å². The van der Waals surface area contributed by atoms with Crippen LogP contribution in [0.4, 0.5) is 5.69 Å². The predicted octanol–water partition coefficient (Wildman–Crippen LogP) is 5.67. The lowest BCUT2D eigenvalue weighted by Gasteiger charge is -2.34. The smallest absolute Gasteiger partial charge is 0.340 e. The summed E-state index contributed by atoms with van der Waals surface area (Å²) in [4.78, 5) is 21.5. The molecule has 1 aliphatic rings. The number of sulfone groups is 1. The first-order valence-corrected chi connectivity index (χ1v) is 13.3. The number of ether oxygens (including phenoxy) is 1. The number of carbonyl (C=O) groups excluding carboxylic acids is 1. The summed E-state index contributed by atoms with van der Waals surface area (Å²) in [5, 5.41) is 24.5. The summed E-state index contributed by atoms with van der Waals surface area (Å²) >= 11 is 0. The maximum Gasteiger partial charge on any atom is 0.340 e. The molecule has 0 aliphatic heterocycles. The van der Waals surface area contributed by atoms with Crippen molar-refractivity contribution in [2.24, 2.45) is 5.16 Å². The summed E-state index contributed by atoms with van der Waals surface area (Å²) in [6, 6.07) is 12.5. The number of esters is 1. The van der Waals surface area contributed by atoms with Crippen LogP contribution in [0.2, 0.25) is 0 Å². The van der Waals surface area contributed by atoms with Gasteiger partial charge in [0, 0.05) is 18.6 Å². The first-order chi connectivity index (χ1) is 16.8. The van der Waals surface area contributed by atoms with Gasteiger partial charge in [-0.15, -0.1) is 0 Å². The molecular weight excluding hydrogens is 472 g/mol. The molecule has 1 aliphatic carbocycles. The van der Waals surface area contributed by atoms with Gasteiger partial charge in [-0.3, -0.25) is 10.1 Å². The quantitative estimate of drug-likeness (QED) is 0.241. The van der Waals surface area contributed by atoms with Gasteiger partial charge in [-0.1, -0.05) is 67.9 Å². The third kappa shape index (κ3) is 6.05. The molecule has 0 bridgehead atoms. The molecule has 0 heterocycles. The van der Waals surface area contributed by atoms with Crippen LogP contribution in [0.15, 0.2) is 64.6 Å². The van der Waals surface area contributed by atoms with Gasteiger partial charge in [0.1, 0.15) is 5.71 Å². The van der Waals surface area contributed by atoms with Crippen molar-refractivity contribution in [3.63, 3.8) is 0 Å². The van der Waals surface area contributed by atoms with Crippen molar-refractivity contribution >= 4 is 27.2 Å². The highest BCUT2D eigenvalue weighted by molar-refractivity contribution is 7.93. The summed E-state index contributed by atoms with van der Waals surface area (Å²) < 4.78 is 33.9. The Hall–Kier alpha value is -3.27. The van der Waals surface area contributed by atoms with E-state index in [2.05, 4.69) is 5.16 Å². The minimum Gasteiger partial charge on any atom is -0.432 e. The molecule has 0 amide bonds. The molecule has 0 radical (unpaired) electrons. The van der Waals surface area contributed by atoms with Crippen molar-refractivity contribution in [3.05, 3.63) is 70.3 Å². The van der Waals surface area contributed by atoms with Crippen LogP contribution < -0.4 is 0 Å². The monoisotopic (exact) mass is 502 g/mol. The number of nitro groups is 1.